The van der Waals surface area contributed by atoms with Crippen LogP contribution in [0.1, 0.15) is 0 Å². The summed E-state index contributed by atoms with van der Waals surface area (Å²) < 4.78 is 7.43. The first-order chi connectivity index (χ1) is 15.1. The van der Waals surface area contributed by atoms with Crippen molar-refractivity contribution in [1.82, 2.24) is 14.8 Å². The minimum atomic E-state index is -0.257. The van der Waals surface area contributed by atoms with Crippen LogP contribution >= 0.6 is 46.3 Å². The number of halogens is 2. The average Bonchev–Trinajstić information content (AvgIpc) is 3.44. The summed E-state index contributed by atoms with van der Waals surface area (Å²) in [6, 6.07) is 16.6. The molecule has 0 fully saturated rings. The number of rotatable bonds is 7. The molecular weight excluding hydrogens is 475 g/mol. The molecule has 0 aliphatic heterocycles. The van der Waals surface area contributed by atoms with Crippen molar-refractivity contribution >= 4 is 57.9 Å². The highest BCUT2D eigenvalue weighted by molar-refractivity contribution is 7.99. The van der Waals surface area contributed by atoms with Crippen LogP contribution in [0.5, 0.6) is 5.75 Å². The van der Waals surface area contributed by atoms with Gasteiger partial charge in [-0.1, -0.05) is 59.2 Å². The number of carbonyl (C=O) groups is 1. The van der Waals surface area contributed by atoms with Crippen molar-refractivity contribution in [2.75, 3.05) is 18.2 Å². The molecule has 0 spiro atoms. The van der Waals surface area contributed by atoms with Crippen LogP contribution in [0.25, 0.3) is 16.4 Å². The Morgan fingerprint density at radius 2 is 1.87 bits per heavy atom. The van der Waals surface area contributed by atoms with Crippen LogP contribution in [0.15, 0.2) is 65.1 Å². The number of anilines is 1. The number of benzene rings is 2. The molecule has 2 aromatic carbocycles. The van der Waals surface area contributed by atoms with E-state index in [0.717, 1.165) is 10.6 Å². The molecule has 0 aliphatic rings. The summed E-state index contributed by atoms with van der Waals surface area (Å²) in [6.07, 6.45) is 0. The third-order valence-electron chi connectivity index (χ3n) is 4.26. The summed E-state index contributed by atoms with van der Waals surface area (Å²) in [6.45, 7) is 0. The van der Waals surface area contributed by atoms with Gasteiger partial charge in [-0.25, -0.2) is 0 Å². The number of ether oxygens (including phenoxy) is 1. The molecule has 2 heterocycles. The second-order valence-corrected chi connectivity index (χ2v) is 8.93. The fraction of sp³-hybridized carbons (Fsp3) is 0.0952. The van der Waals surface area contributed by atoms with Gasteiger partial charge in [0, 0.05) is 0 Å². The molecule has 4 aromatic rings. The van der Waals surface area contributed by atoms with Gasteiger partial charge >= 0.3 is 0 Å². The van der Waals surface area contributed by atoms with E-state index in [0.29, 0.717) is 32.5 Å². The van der Waals surface area contributed by atoms with E-state index in [1.165, 1.54) is 11.8 Å². The highest BCUT2D eigenvalue weighted by Crippen LogP contribution is 2.34. The summed E-state index contributed by atoms with van der Waals surface area (Å²) in [7, 11) is 1.61. The number of nitrogens with zero attached hydrogens (tertiary/aromatic N) is 3. The van der Waals surface area contributed by atoms with Crippen LogP contribution in [-0.4, -0.2) is 33.5 Å². The van der Waals surface area contributed by atoms with Gasteiger partial charge in [-0.2, -0.15) is 0 Å². The van der Waals surface area contributed by atoms with E-state index in [1.807, 2.05) is 46.3 Å². The molecule has 0 saturated heterocycles. The van der Waals surface area contributed by atoms with Crippen molar-refractivity contribution < 1.29 is 9.53 Å². The third-order valence-corrected chi connectivity index (χ3v) is 6.69. The van der Waals surface area contributed by atoms with Crippen LogP contribution < -0.4 is 10.1 Å². The molecule has 31 heavy (non-hydrogen) atoms. The van der Waals surface area contributed by atoms with Gasteiger partial charge in [0.25, 0.3) is 0 Å². The number of thioether (sulfide) groups is 1. The van der Waals surface area contributed by atoms with Gasteiger partial charge in [0.2, 0.25) is 5.91 Å². The second kappa shape index (κ2) is 9.74. The predicted octanol–water partition coefficient (Wildman–Crippen LogP) is 6.04. The fourth-order valence-corrected chi connectivity index (χ4v) is 4.82. The molecule has 0 unspecified atom stereocenters. The highest BCUT2D eigenvalue weighted by Gasteiger charge is 2.20. The van der Waals surface area contributed by atoms with Crippen molar-refractivity contribution in [3.8, 4) is 22.1 Å². The fourth-order valence-electron chi connectivity index (χ4n) is 2.88. The molecule has 0 atom stereocenters. The van der Waals surface area contributed by atoms with Gasteiger partial charge in [-0.3, -0.25) is 9.36 Å². The minimum Gasteiger partial charge on any atom is -0.495 e. The van der Waals surface area contributed by atoms with E-state index < -0.39 is 0 Å². The molecule has 2 aromatic heterocycles. The summed E-state index contributed by atoms with van der Waals surface area (Å²) in [5, 5.41) is 14.8. The van der Waals surface area contributed by atoms with E-state index >= 15 is 0 Å². The number of carbonyl (C=O) groups excluding carboxylic acids is 1. The van der Waals surface area contributed by atoms with Crippen molar-refractivity contribution in [2.24, 2.45) is 0 Å². The molecule has 0 saturated carbocycles. The van der Waals surface area contributed by atoms with Crippen molar-refractivity contribution in [3.05, 3.63) is 70.0 Å². The number of hydrogen-bond acceptors (Lipinski definition) is 6. The smallest absolute Gasteiger partial charge is 0.234 e. The van der Waals surface area contributed by atoms with Crippen LogP contribution in [0, 0.1) is 0 Å². The summed E-state index contributed by atoms with van der Waals surface area (Å²) >= 11 is 15.1. The van der Waals surface area contributed by atoms with Crippen molar-refractivity contribution in [3.63, 3.8) is 0 Å². The average molecular weight is 491 g/mol. The number of thiophene rings is 1. The first kappa shape index (κ1) is 21.7. The Labute approximate surface area is 197 Å². The third kappa shape index (κ3) is 4.72. The van der Waals surface area contributed by atoms with Gasteiger partial charge < -0.3 is 10.1 Å². The summed E-state index contributed by atoms with van der Waals surface area (Å²) in [5.41, 5.74) is 1.18. The van der Waals surface area contributed by atoms with Gasteiger partial charge in [0.1, 0.15) is 5.75 Å². The number of methoxy groups -OCH3 is 1. The molecule has 158 valence electrons. The Morgan fingerprint density at radius 1 is 1.10 bits per heavy atom. The lowest BCUT2D eigenvalue weighted by molar-refractivity contribution is -0.113. The largest absolute Gasteiger partial charge is 0.495 e. The molecule has 0 radical (unpaired) electrons. The predicted molar refractivity (Wildman–Crippen MR) is 127 cm³/mol. The van der Waals surface area contributed by atoms with E-state index in [9.17, 15) is 4.79 Å². The Balaban J connectivity index is 1.62. The van der Waals surface area contributed by atoms with E-state index in [4.69, 9.17) is 27.9 Å². The normalized spacial score (nSPS) is 10.8. The molecule has 1 N–H and O–H groups in total. The topological polar surface area (TPSA) is 69.0 Å². The zero-order valence-electron chi connectivity index (χ0n) is 16.2. The van der Waals surface area contributed by atoms with Gasteiger partial charge in [0.05, 0.1) is 39.2 Å². The zero-order valence-corrected chi connectivity index (χ0v) is 19.4. The Hall–Kier alpha value is -2.52. The van der Waals surface area contributed by atoms with Crippen LogP contribution in [0.4, 0.5) is 5.69 Å². The monoisotopic (exact) mass is 490 g/mol. The first-order valence-electron chi connectivity index (χ1n) is 9.08. The highest BCUT2D eigenvalue weighted by atomic mass is 35.5. The maximum atomic E-state index is 12.6. The summed E-state index contributed by atoms with van der Waals surface area (Å²) in [4.78, 5) is 13.5. The Morgan fingerprint density at radius 3 is 2.58 bits per heavy atom. The first-order valence-corrected chi connectivity index (χ1v) is 11.7. The minimum absolute atomic E-state index is 0.0965. The van der Waals surface area contributed by atoms with Crippen LogP contribution in [0.2, 0.25) is 10.0 Å². The zero-order chi connectivity index (χ0) is 21.8. The Bertz CT molecular complexity index is 1190. The molecular formula is C21H16Cl2N4O2S2. The van der Waals surface area contributed by atoms with Crippen LogP contribution in [0.3, 0.4) is 0 Å². The summed E-state index contributed by atoms with van der Waals surface area (Å²) in [5.74, 6) is 1.19. The number of para-hydroxylation sites is 3. The van der Waals surface area contributed by atoms with Gasteiger partial charge in [0.15, 0.2) is 11.0 Å². The maximum absolute atomic E-state index is 12.6. The number of amides is 1. The lowest BCUT2D eigenvalue weighted by Gasteiger charge is -2.13. The quantitative estimate of drug-likeness (QED) is 0.319. The standard InChI is InChI=1S/C21H16Cl2N4O2S2/c1-29-16-9-3-2-8-15(16)27-20(17-10-5-11-30-17)25-26-21(27)31-12-18(28)24-19-13(22)6-4-7-14(19)23/h2-11H,12H2,1H3,(H,24,28). The lowest BCUT2D eigenvalue weighted by Crippen LogP contribution is -2.15. The number of nitrogens with one attached hydrogen (secondary N) is 1. The molecule has 0 bridgehead atoms. The van der Waals surface area contributed by atoms with E-state index in [2.05, 4.69) is 15.5 Å². The van der Waals surface area contributed by atoms with Crippen molar-refractivity contribution in [2.45, 2.75) is 5.16 Å². The van der Waals surface area contributed by atoms with Crippen molar-refractivity contribution in [1.29, 1.82) is 0 Å². The Kier molecular flexibility index (Phi) is 6.82. The molecule has 6 nitrogen and oxygen atoms in total. The van der Waals surface area contributed by atoms with Crippen LogP contribution in [-0.2, 0) is 4.79 Å². The molecule has 1 amide bonds. The lowest BCUT2D eigenvalue weighted by atomic mass is 10.3. The van der Waals surface area contributed by atoms with E-state index in [-0.39, 0.29) is 11.7 Å². The SMILES string of the molecule is COc1ccccc1-n1c(SCC(=O)Nc2c(Cl)cccc2Cl)nnc1-c1cccs1. The van der Waals surface area contributed by atoms with Gasteiger partial charge in [-0.05, 0) is 35.7 Å². The molecule has 4 rings (SSSR count). The maximum Gasteiger partial charge on any atom is 0.234 e. The number of hydrogen-bond donors (Lipinski definition) is 1. The van der Waals surface area contributed by atoms with Gasteiger partial charge in [-0.15, -0.1) is 21.5 Å². The van der Waals surface area contributed by atoms with E-state index in [1.54, 1.807) is 36.6 Å². The second-order valence-electron chi connectivity index (χ2n) is 6.22. The molecule has 0 aliphatic carbocycles. The molecule has 10 heteroatoms. The number of aromatic nitrogens is 3.